The van der Waals surface area contributed by atoms with E-state index in [2.05, 4.69) is 10.1 Å². The van der Waals surface area contributed by atoms with Gasteiger partial charge in [0, 0.05) is 7.11 Å². The Hall–Kier alpha value is -1.30. The topological polar surface area (TPSA) is 102 Å². The minimum Gasteiger partial charge on any atom is -0.479 e. The number of amides is 2. The second-order valence-corrected chi connectivity index (χ2v) is 1.81. The van der Waals surface area contributed by atoms with E-state index >= 15 is 0 Å². The summed E-state index contributed by atoms with van der Waals surface area (Å²) < 4.78 is 4.49. The summed E-state index contributed by atoms with van der Waals surface area (Å²) >= 11 is 0. The van der Waals surface area contributed by atoms with Gasteiger partial charge >= 0.3 is 12.0 Å². The van der Waals surface area contributed by atoms with Crippen LogP contribution in [0.2, 0.25) is 0 Å². The molecule has 0 aliphatic heterocycles. The standard InChI is InChI=1S/C5H10N2O4/c1-11-3(4(8)9)2-7-5(6)10/h3H,2H2,1H3,(H,8,9)(H3,6,7,10). The second kappa shape index (κ2) is 4.51. The summed E-state index contributed by atoms with van der Waals surface area (Å²) in [6.07, 6.45) is -1.04. The number of hydrogen-bond acceptors (Lipinski definition) is 3. The summed E-state index contributed by atoms with van der Waals surface area (Å²) in [5.41, 5.74) is 4.70. The third kappa shape index (κ3) is 4.15. The van der Waals surface area contributed by atoms with Gasteiger partial charge in [-0.2, -0.15) is 0 Å². The van der Waals surface area contributed by atoms with Crippen molar-refractivity contribution in [2.24, 2.45) is 5.73 Å². The van der Waals surface area contributed by atoms with Crippen LogP contribution in [0.25, 0.3) is 0 Å². The average molecular weight is 162 g/mol. The first-order valence-corrected chi connectivity index (χ1v) is 2.86. The fourth-order valence-electron chi connectivity index (χ4n) is 0.465. The number of primary amides is 1. The zero-order valence-corrected chi connectivity index (χ0v) is 6.03. The number of methoxy groups -OCH3 is 1. The summed E-state index contributed by atoms with van der Waals surface area (Å²) in [4.78, 5) is 20.3. The van der Waals surface area contributed by atoms with Crippen molar-refractivity contribution >= 4 is 12.0 Å². The van der Waals surface area contributed by atoms with Gasteiger partial charge in [0.2, 0.25) is 0 Å². The van der Waals surface area contributed by atoms with Gasteiger partial charge in [-0.15, -0.1) is 0 Å². The smallest absolute Gasteiger partial charge is 0.334 e. The Morgan fingerprint density at radius 1 is 1.73 bits per heavy atom. The van der Waals surface area contributed by atoms with Gasteiger partial charge in [-0.05, 0) is 0 Å². The van der Waals surface area contributed by atoms with Gasteiger partial charge in [-0.3, -0.25) is 0 Å². The molecular formula is C5H10N2O4. The molecule has 0 aromatic carbocycles. The minimum atomic E-state index is -1.14. The Morgan fingerprint density at radius 2 is 2.27 bits per heavy atom. The lowest BCUT2D eigenvalue weighted by Crippen LogP contribution is -2.40. The second-order valence-electron chi connectivity index (χ2n) is 1.81. The van der Waals surface area contributed by atoms with Gasteiger partial charge in [-0.1, -0.05) is 0 Å². The SMILES string of the molecule is COC(CNC(N)=O)C(=O)O. The van der Waals surface area contributed by atoms with Crippen LogP contribution in [0, 0.1) is 0 Å². The lowest BCUT2D eigenvalue weighted by Gasteiger charge is -2.09. The fourth-order valence-corrected chi connectivity index (χ4v) is 0.465. The van der Waals surface area contributed by atoms with E-state index in [1.165, 1.54) is 7.11 Å². The molecule has 0 saturated carbocycles. The molecule has 1 atom stereocenters. The van der Waals surface area contributed by atoms with Crippen molar-refractivity contribution in [2.45, 2.75) is 6.10 Å². The van der Waals surface area contributed by atoms with E-state index in [0.29, 0.717) is 0 Å². The number of nitrogens with two attached hydrogens (primary N) is 1. The van der Waals surface area contributed by atoms with Crippen LogP contribution in [0.15, 0.2) is 0 Å². The van der Waals surface area contributed by atoms with Crippen LogP contribution in [-0.4, -0.2) is 36.9 Å². The summed E-state index contributed by atoms with van der Waals surface area (Å²) in [6.45, 7) is -0.124. The first-order chi connectivity index (χ1) is 5.07. The number of rotatable bonds is 4. The van der Waals surface area contributed by atoms with Crippen molar-refractivity contribution in [1.82, 2.24) is 5.32 Å². The van der Waals surface area contributed by atoms with E-state index in [4.69, 9.17) is 10.8 Å². The highest BCUT2D eigenvalue weighted by Crippen LogP contribution is 1.86. The van der Waals surface area contributed by atoms with Gasteiger partial charge < -0.3 is 20.9 Å². The lowest BCUT2D eigenvalue weighted by molar-refractivity contribution is -0.147. The van der Waals surface area contributed by atoms with Gasteiger partial charge in [0.15, 0.2) is 6.10 Å². The highest BCUT2D eigenvalue weighted by Gasteiger charge is 2.15. The molecule has 2 amide bonds. The fraction of sp³-hybridized carbons (Fsp3) is 0.600. The van der Waals surface area contributed by atoms with Crippen molar-refractivity contribution < 1.29 is 19.4 Å². The first-order valence-electron chi connectivity index (χ1n) is 2.86. The van der Waals surface area contributed by atoms with Crippen LogP contribution in [0.3, 0.4) is 0 Å². The number of carboxylic acids is 1. The molecule has 1 unspecified atom stereocenters. The monoisotopic (exact) mass is 162 g/mol. The molecule has 6 heteroatoms. The van der Waals surface area contributed by atoms with Crippen molar-refractivity contribution in [3.63, 3.8) is 0 Å². The largest absolute Gasteiger partial charge is 0.479 e. The molecule has 4 N–H and O–H groups in total. The number of ether oxygens (including phenoxy) is 1. The third-order valence-electron chi connectivity index (χ3n) is 1.02. The maximum atomic E-state index is 10.2. The highest BCUT2D eigenvalue weighted by atomic mass is 16.5. The van der Waals surface area contributed by atoms with E-state index in [0.717, 1.165) is 0 Å². The van der Waals surface area contributed by atoms with Gasteiger partial charge in [0.1, 0.15) is 0 Å². The molecule has 0 spiro atoms. The van der Waals surface area contributed by atoms with Crippen molar-refractivity contribution in [3.8, 4) is 0 Å². The molecule has 0 aromatic heterocycles. The Morgan fingerprint density at radius 3 is 2.55 bits per heavy atom. The minimum absolute atomic E-state index is 0.124. The van der Waals surface area contributed by atoms with Gasteiger partial charge in [0.25, 0.3) is 0 Å². The van der Waals surface area contributed by atoms with Crippen LogP contribution in [0.1, 0.15) is 0 Å². The molecule has 0 bridgehead atoms. The summed E-state index contributed by atoms with van der Waals surface area (Å²) in [5, 5.41) is 10.5. The Bertz CT molecular complexity index is 159. The molecule has 11 heavy (non-hydrogen) atoms. The highest BCUT2D eigenvalue weighted by molar-refractivity contribution is 5.75. The van der Waals surface area contributed by atoms with Crippen molar-refractivity contribution in [2.75, 3.05) is 13.7 Å². The molecule has 0 fully saturated rings. The number of hydrogen-bond donors (Lipinski definition) is 3. The van der Waals surface area contributed by atoms with Crippen LogP contribution in [0.5, 0.6) is 0 Å². The van der Waals surface area contributed by atoms with Crippen molar-refractivity contribution in [3.05, 3.63) is 0 Å². The average Bonchev–Trinajstić information content (AvgIpc) is 1.87. The molecular weight excluding hydrogens is 152 g/mol. The van der Waals surface area contributed by atoms with E-state index < -0.39 is 18.1 Å². The van der Waals surface area contributed by atoms with E-state index in [-0.39, 0.29) is 6.54 Å². The number of nitrogens with one attached hydrogen (secondary N) is 1. The quantitative estimate of drug-likeness (QED) is 0.480. The zero-order valence-electron chi connectivity index (χ0n) is 6.03. The van der Waals surface area contributed by atoms with Crippen LogP contribution in [0.4, 0.5) is 4.79 Å². The number of carbonyl (C=O) groups excluding carboxylic acids is 1. The predicted molar refractivity (Wildman–Crippen MR) is 36.0 cm³/mol. The molecule has 0 rings (SSSR count). The van der Waals surface area contributed by atoms with Gasteiger partial charge in [-0.25, -0.2) is 9.59 Å². The Kier molecular flexibility index (Phi) is 3.97. The number of carbonyl (C=O) groups is 2. The summed E-state index contributed by atoms with van der Waals surface area (Å²) in [6, 6.07) is -0.770. The lowest BCUT2D eigenvalue weighted by atomic mass is 10.3. The predicted octanol–water partition coefficient (Wildman–Crippen LogP) is -1.25. The number of carboxylic acid groups (broad SMARTS) is 1. The number of urea groups is 1. The first kappa shape index (κ1) is 9.70. The Balaban J connectivity index is 3.70. The van der Waals surface area contributed by atoms with E-state index in [1.807, 2.05) is 0 Å². The third-order valence-corrected chi connectivity index (χ3v) is 1.02. The molecule has 0 aromatic rings. The van der Waals surface area contributed by atoms with E-state index in [9.17, 15) is 9.59 Å². The normalized spacial score (nSPS) is 12.1. The maximum absolute atomic E-state index is 10.2. The molecule has 6 nitrogen and oxygen atoms in total. The molecule has 0 aliphatic rings. The van der Waals surface area contributed by atoms with Crippen LogP contribution >= 0.6 is 0 Å². The maximum Gasteiger partial charge on any atom is 0.334 e. The molecule has 0 radical (unpaired) electrons. The number of aliphatic carboxylic acids is 1. The van der Waals surface area contributed by atoms with Gasteiger partial charge in [0.05, 0.1) is 6.54 Å². The molecule has 0 saturated heterocycles. The van der Waals surface area contributed by atoms with E-state index in [1.54, 1.807) is 0 Å². The van der Waals surface area contributed by atoms with Crippen LogP contribution < -0.4 is 11.1 Å². The molecule has 64 valence electrons. The summed E-state index contributed by atoms with van der Waals surface area (Å²) in [7, 11) is 1.24. The molecule has 0 heterocycles. The van der Waals surface area contributed by atoms with Crippen molar-refractivity contribution in [1.29, 1.82) is 0 Å². The summed E-state index contributed by atoms with van der Waals surface area (Å²) in [5.74, 6) is -1.14. The van der Waals surface area contributed by atoms with Crippen LogP contribution in [-0.2, 0) is 9.53 Å². The zero-order chi connectivity index (χ0) is 8.85. The molecule has 0 aliphatic carbocycles. The Labute approximate surface area is 63.3 Å².